The monoisotopic (exact) mass is 666 g/mol. The van der Waals surface area contributed by atoms with Gasteiger partial charge in [0.05, 0.1) is 17.7 Å². The molecule has 2 heterocycles. The number of rotatable bonds is 11. The number of amides is 1. The molecule has 6 rings (SSSR count). The van der Waals surface area contributed by atoms with Crippen molar-refractivity contribution in [2.24, 2.45) is 5.92 Å². The molecule has 48 heavy (non-hydrogen) atoms. The average molecular weight is 667 g/mol. The Labute approximate surface area is 284 Å². The summed E-state index contributed by atoms with van der Waals surface area (Å²) in [4.78, 5) is 35.6. The van der Waals surface area contributed by atoms with E-state index >= 15 is 0 Å². The third-order valence-corrected chi connectivity index (χ3v) is 8.80. The number of halogens is 1. The summed E-state index contributed by atoms with van der Waals surface area (Å²) < 4.78 is 11.8. The molecule has 10 heteroatoms. The second-order valence-corrected chi connectivity index (χ2v) is 13.6. The second kappa shape index (κ2) is 14.2. The van der Waals surface area contributed by atoms with E-state index in [1.54, 1.807) is 30.6 Å². The first-order chi connectivity index (χ1) is 23.1. The molecule has 1 aliphatic carbocycles. The topological polar surface area (TPSA) is 114 Å². The third-order valence-electron chi connectivity index (χ3n) is 8.49. The molecule has 0 spiro atoms. The lowest BCUT2D eigenvalue weighted by molar-refractivity contribution is -0.0185. The molecule has 2 aromatic heterocycles. The Kier molecular flexibility index (Phi) is 9.80. The van der Waals surface area contributed by atoms with Crippen molar-refractivity contribution in [1.29, 1.82) is 0 Å². The summed E-state index contributed by atoms with van der Waals surface area (Å²) in [5, 5.41) is 16.1. The maximum atomic E-state index is 13.3. The molecule has 0 aliphatic heterocycles. The van der Waals surface area contributed by atoms with Gasteiger partial charge in [-0.15, -0.1) is 0 Å². The number of anilines is 1. The van der Waals surface area contributed by atoms with Gasteiger partial charge in [0.25, 0.3) is 0 Å². The first-order valence-electron chi connectivity index (χ1n) is 16.1. The van der Waals surface area contributed by atoms with Gasteiger partial charge in [-0.3, -0.25) is 4.98 Å². The summed E-state index contributed by atoms with van der Waals surface area (Å²) in [6, 6.07) is 22.8. The Morgan fingerprint density at radius 2 is 1.79 bits per heavy atom. The van der Waals surface area contributed by atoms with E-state index in [2.05, 4.69) is 10.3 Å². The molecular weight excluding hydrogens is 628 g/mol. The Balaban J connectivity index is 1.04. The van der Waals surface area contributed by atoms with E-state index in [1.807, 2.05) is 80.3 Å². The zero-order chi connectivity index (χ0) is 33.8. The Morgan fingerprint density at radius 1 is 1.00 bits per heavy atom. The van der Waals surface area contributed by atoms with Crippen molar-refractivity contribution in [2.45, 2.75) is 51.8 Å². The van der Waals surface area contributed by atoms with Gasteiger partial charge in [-0.25, -0.2) is 14.6 Å². The van der Waals surface area contributed by atoms with Gasteiger partial charge in [0.2, 0.25) is 0 Å². The van der Waals surface area contributed by atoms with Crippen molar-refractivity contribution in [3.8, 4) is 11.1 Å². The highest BCUT2D eigenvalue weighted by Crippen LogP contribution is 2.35. The Bertz CT molecular complexity index is 1940. The van der Waals surface area contributed by atoms with E-state index in [0.29, 0.717) is 48.6 Å². The van der Waals surface area contributed by atoms with E-state index in [4.69, 9.17) is 26.1 Å². The smallest absolute Gasteiger partial charge is 0.410 e. The number of carboxylic acid groups (broad SMARTS) is 1. The number of fused-ring (bicyclic) bond motifs is 3. The van der Waals surface area contributed by atoms with Crippen LogP contribution in [0.15, 0.2) is 85.2 Å². The summed E-state index contributed by atoms with van der Waals surface area (Å²) in [6.07, 6.45) is 4.78. The van der Waals surface area contributed by atoms with E-state index in [1.165, 1.54) is 0 Å². The lowest BCUT2D eigenvalue weighted by atomic mass is 9.80. The number of carbonyl (C=O) groups is 2. The van der Waals surface area contributed by atoms with Crippen molar-refractivity contribution >= 4 is 51.2 Å². The van der Waals surface area contributed by atoms with Gasteiger partial charge in [-0.1, -0.05) is 60.1 Å². The van der Waals surface area contributed by atoms with Crippen molar-refractivity contribution in [3.05, 3.63) is 101 Å². The fourth-order valence-electron chi connectivity index (χ4n) is 6.07. The van der Waals surface area contributed by atoms with Gasteiger partial charge in [0.1, 0.15) is 11.4 Å². The van der Waals surface area contributed by atoms with Crippen LogP contribution in [-0.4, -0.2) is 63.4 Å². The lowest BCUT2D eigenvalue weighted by Gasteiger charge is -2.43. The molecule has 5 aromatic rings. The van der Waals surface area contributed by atoms with Gasteiger partial charge >= 0.3 is 12.1 Å². The Hall–Kier alpha value is -4.73. The highest BCUT2D eigenvalue weighted by molar-refractivity contribution is 6.33. The molecule has 0 bridgehead atoms. The van der Waals surface area contributed by atoms with Crippen molar-refractivity contribution < 1.29 is 24.2 Å². The summed E-state index contributed by atoms with van der Waals surface area (Å²) in [6.45, 7) is 7.60. The molecule has 1 fully saturated rings. The molecule has 1 saturated carbocycles. The lowest BCUT2D eigenvalue weighted by Crippen LogP contribution is -2.50. The van der Waals surface area contributed by atoms with Crippen LogP contribution in [0.2, 0.25) is 5.02 Å². The molecule has 0 unspecified atom stereocenters. The highest BCUT2D eigenvalue weighted by Gasteiger charge is 2.38. The van der Waals surface area contributed by atoms with Crippen LogP contribution in [0.3, 0.4) is 0 Å². The van der Waals surface area contributed by atoms with Gasteiger partial charge < -0.3 is 24.8 Å². The molecule has 0 saturated heterocycles. The van der Waals surface area contributed by atoms with E-state index in [-0.39, 0.29) is 17.7 Å². The van der Waals surface area contributed by atoms with Crippen LogP contribution in [-0.2, 0) is 16.0 Å². The maximum Gasteiger partial charge on any atom is 0.410 e. The van der Waals surface area contributed by atoms with Crippen LogP contribution in [0, 0.1) is 5.92 Å². The van der Waals surface area contributed by atoms with Crippen molar-refractivity contribution in [3.63, 3.8) is 0 Å². The van der Waals surface area contributed by atoms with Crippen LogP contribution < -0.4 is 5.32 Å². The quantitative estimate of drug-likeness (QED) is 0.107. The summed E-state index contributed by atoms with van der Waals surface area (Å²) in [7, 11) is 0. The van der Waals surface area contributed by atoms with Crippen LogP contribution in [0.5, 0.6) is 0 Å². The third kappa shape index (κ3) is 7.69. The first kappa shape index (κ1) is 33.2. The Morgan fingerprint density at radius 3 is 2.52 bits per heavy atom. The number of carboxylic acids is 1. The number of benzene rings is 3. The van der Waals surface area contributed by atoms with E-state index in [0.717, 1.165) is 45.7 Å². The summed E-state index contributed by atoms with van der Waals surface area (Å²) >= 11 is 6.69. The normalized spacial score (nSPS) is 16.0. The van der Waals surface area contributed by atoms with Crippen LogP contribution >= 0.6 is 11.6 Å². The molecular formula is C38H39ClN4O5. The number of hydrogen-bond acceptors (Lipinski definition) is 7. The molecule has 1 aliphatic rings. The van der Waals surface area contributed by atoms with E-state index < -0.39 is 11.6 Å². The first-order valence-corrected chi connectivity index (χ1v) is 16.5. The molecule has 0 atom stereocenters. The maximum absolute atomic E-state index is 13.3. The average Bonchev–Trinajstić information content (AvgIpc) is 3.04. The van der Waals surface area contributed by atoms with Crippen LogP contribution in [0.4, 0.5) is 10.6 Å². The number of carbonyl (C=O) groups excluding carboxylic acids is 1. The molecule has 3 aromatic carbocycles. The number of ether oxygens (including phenoxy) is 2. The van der Waals surface area contributed by atoms with Crippen molar-refractivity contribution in [2.75, 3.05) is 25.1 Å². The predicted octanol–water partition coefficient (Wildman–Crippen LogP) is 8.45. The van der Waals surface area contributed by atoms with Crippen LogP contribution in [0.25, 0.3) is 32.8 Å². The van der Waals surface area contributed by atoms with Gasteiger partial charge in [0, 0.05) is 64.9 Å². The predicted molar refractivity (Wildman–Crippen MR) is 188 cm³/mol. The largest absolute Gasteiger partial charge is 0.478 e. The standard InChI is InChI=1S/C38H39ClN4O5/c1-38(2,3)48-37(46)43(22-24-9-11-29(33(39)19-24)26-7-5-4-6-8-26)28-17-25(18-28)23-47-16-15-41-35-31-13-14-40-21-32(31)30-12-10-27(36(44)45)20-34(30)42-35/h4-14,19-21,25,28H,15-18,22-23H2,1-3H3,(H,41,42)(H,44,45). The van der Waals surface area contributed by atoms with Gasteiger partial charge in [-0.05, 0) is 74.9 Å². The summed E-state index contributed by atoms with van der Waals surface area (Å²) in [5.74, 6) is -0.0222. The summed E-state index contributed by atoms with van der Waals surface area (Å²) in [5.41, 5.74) is 3.10. The van der Waals surface area contributed by atoms with Crippen molar-refractivity contribution in [1.82, 2.24) is 14.9 Å². The molecule has 1 amide bonds. The van der Waals surface area contributed by atoms with Gasteiger partial charge in [-0.2, -0.15) is 0 Å². The van der Waals surface area contributed by atoms with E-state index in [9.17, 15) is 14.7 Å². The second-order valence-electron chi connectivity index (χ2n) is 13.2. The molecule has 0 radical (unpaired) electrons. The number of pyridine rings is 2. The number of hydrogen-bond donors (Lipinski definition) is 2. The SMILES string of the molecule is CC(C)(C)OC(=O)N(Cc1ccc(-c2ccccc2)c(Cl)c1)C1CC(COCCNc2nc3cc(C(=O)O)ccc3c3cnccc23)C1. The highest BCUT2D eigenvalue weighted by atomic mass is 35.5. The number of aromatic carboxylic acids is 1. The number of aromatic nitrogens is 2. The number of nitrogens with zero attached hydrogens (tertiary/aromatic N) is 3. The minimum absolute atomic E-state index is 0.0385. The fraction of sp³-hybridized carbons (Fsp3) is 0.316. The molecule has 9 nitrogen and oxygen atoms in total. The number of nitrogens with one attached hydrogen (secondary N) is 1. The zero-order valence-corrected chi connectivity index (χ0v) is 28.0. The molecule has 2 N–H and O–H groups in total. The van der Waals surface area contributed by atoms with Gasteiger partial charge in [0.15, 0.2) is 0 Å². The zero-order valence-electron chi connectivity index (χ0n) is 27.3. The fourth-order valence-corrected chi connectivity index (χ4v) is 6.38. The minimum atomic E-state index is -0.998. The minimum Gasteiger partial charge on any atom is -0.478 e. The van der Waals surface area contributed by atoms with Crippen LogP contribution in [0.1, 0.15) is 49.5 Å². The molecule has 248 valence electrons.